The van der Waals surface area contributed by atoms with Crippen LogP contribution in [0.2, 0.25) is 0 Å². The lowest BCUT2D eigenvalue weighted by atomic mass is 10.2. The molecule has 0 aliphatic heterocycles. The van der Waals surface area contributed by atoms with Crippen molar-refractivity contribution in [2.24, 2.45) is 5.73 Å². The van der Waals surface area contributed by atoms with Crippen LogP contribution in [0, 0.1) is 6.92 Å². The van der Waals surface area contributed by atoms with Crippen LogP contribution in [0.4, 0.5) is 11.7 Å². The molecule has 10 heteroatoms. The molecule has 0 aromatic carbocycles. The molecule has 0 spiro atoms. The smallest absolute Gasteiger partial charge is 0.280 e. The number of nitrogen functional groups attached to an aromatic ring is 1. The van der Waals surface area contributed by atoms with Gasteiger partial charge < -0.3 is 20.3 Å². The van der Waals surface area contributed by atoms with Crippen molar-refractivity contribution >= 4 is 23.5 Å². The summed E-state index contributed by atoms with van der Waals surface area (Å²) >= 11 is 0. The molecule has 3 rings (SSSR count). The maximum atomic E-state index is 12.2. The predicted molar refractivity (Wildman–Crippen MR) is 81.9 cm³/mol. The van der Waals surface area contributed by atoms with E-state index >= 15 is 0 Å². The Kier molecular flexibility index (Phi) is 3.70. The number of nitrogens with two attached hydrogens (primary N) is 2. The molecule has 0 atom stereocenters. The molecule has 24 heavy (non-hydrogen) atoms. The van der Waals surface area contributed by atoms with Gasteiger partial charge in [-0.3, -0.25) is 14.9 Å². The molecule has 0 saturated heterocycles. The number of primary amides is 1. The number of nitrogens with one attached hydrogen (secondary N) is 1. The van der Waals surface area contributed by atoms with E-state index in [2.05, 4.69) is 20.3 Å². The maximum Gasteiger partial charge on any atom is 0.280 e. The van der Waals surface area contributed by atoms with Crippen LogP contribution in [0.25, 0.3) is 11.5 Å². The zero-order valence-corrected chi connectivity index (χ0v) is 12.4. The molecular formula is C14H12N6O4. The summed E-state index contributed by atoms with van der Waals surface area (Å²) in [5.74, 6) is -0.950. The third-order valence-corrected chi connectivity index (χ3v) is 2.96. The summed E-state index contributed by atoms with van der Waals surface area (Å²) in [6.07, 6.45) is 2.65. The maximum absolute atomic E-state index is 12.2. The van der Waals surface area contributed by atoms with Gasteiger partial charge in [-0.2, -0.15) is 0 Å². The van der Waals surface area contributed by atoms with E-state index in [1.165, 1.54) is 13.1 Å². The van der Waals surface area contributed by atoms with E-state index in [1.807, 2.05) is 0 Å². The summed E-state index contributed by atoms with van der Waals surface area (Å²) in [6, 6.07) is 3.19. The first-order valence-corrected chi connectivity index (χ1v) is 6.70. The zero-order valence-electron chi connectivity index (χ0n) is 12.4. The first-order chi connectivity index (χ1) is 11.4. The number of hydrogen-bond donors (Lipinski definition) is 3. The Bertz CT molecular complexity index is 929. The minimum absolute atomic E-state index is 0.0233. The number of rotatable bonds is 4. The van der Waals surface area contributed by atoms with Gasteiger partial charge in [-0.1, -0.05) is 0 Å². The lowest BCUT2D eigenvalue weighted by molar-refractivity contribution is 0.0996. The van der Waals surface area contributed by atoms with Crippen LogP contribution in [0.5, 0.6) is 0 Å². The predicted octanol–water partition coefficient (Wildman–Crippen LogP) is 0.966. The SMILES string of the molecule is Cc1nc(C(N)=O)c(NC(=O)c2coc(-c3ccnc(N)c3)n2)o1. The van der Waals surface area contributed by atoms with E-state index in [9.17, 15) is 9.59 Å². The zero-order chi connectivity index (χ0) is 17.3. The molecule has 122 valence electrons. The van der Waals surface area contributed by atoms with Crippen LogP contribution >= 0.6 is 0 Å². The van der Waals surface area contributed by atoms with Crippen molar-refractivity contribution in [1.29, 1.82) is 0 Å². The lowest BCUT2D eigenvalue weighted by Crippen LogP contribution is -2.18. The van der Waals surface area contributed by atoms with E-state index < -0.39 is 11.8 Å². The van der Waals surface area contributed by atoms with E-state index in [0.717, 1.165) is 6.26 Å². The van der Waals surface area contributed by atoms with Gasteiger partial charge in [-0.15, -0.1) is 0 Å². The molecule has 0 radical (unpaired) electrons. The molecule has 5 N–H and O–H groups in total. The van der Waals surface area contributed by atoms with Crippen LogP contribution in [-0.4, -0.2) is 26.8 Å². The standard InChI is InChI=1S/C14H12N6O4/c1-6-18-10(11(16)21)14(24-6)20-12(22)8-5-23-13(19-8)7-2-3-17-9(15)4-7/h2-5H,1H3,(H2,15,17)(H2,16,21)(H,20,22). The normalized spacial score (nSPS) is 10.5. The van der Waals surface area contributed by atoms with Crippen LogP contribution in [-0.2, 0) is 0 Å². The molecule has 0 aliphatic carbocycles. The molecule has 0 aliphatic rings. The van der Waals surface area contributed by atoms with Gasteiger partial charge in [0.05, 0.1) is 0 Å². The number of aromatic nitrogens is 3. The van der Waals surface area contributed by atoms with E-state index in [0.29, 0.717) is 11.4 Å². The number of anilines is 2. The highest BCUT2D eigenvalue weighted by atomic mass is 16.4. The third kappa shape index (κ3) is 2.92. The number of amides is 2. The fraction of sp³-hybridized carbons (Fsp3) is 0.0714. The first kappa shape index (κ1) is 15.2. The molecule has 0 bridgehead atoms. The van der Waals surface area contributed by atoms with Crippen molar-refractivity contribution in [2.75, 3.05) is 11.1 Å². The summed E-state index contributed by atoms with van der Waals surface area (Å²) in [5.41, 5.74) is 11.1. The first-order valence-electron chi connectivity index (χ1n) is 6.70. The minimum atomic E-state index is -0.824. The number of carbonyl (C=O) groups is 2. The van der Waals surface area contributed by atoms with E-state index in [4.69, 9.17) is 20.3 Å². The highest BCUT2D eigenvalue weighted by Crippen LogP contribution is 2.21. The number of oxazole rings is 2. The topological polar surface area (TPSA) is 163 Å². The van der Waals surface area contributed by atoms with Gasteiger partial charge in [-0.05, 0) is 12.1 Å². The summed E-state index contributed by atoms with van der Waals surface area (Å²) in [5, 5.41) is 2.38. The highest BCUT2D eigenvalue weighted by molar-refractivity contribution is 6.05. The molecule has 2 amide bonds. The van der Waals surface area contributed by atoms with Crippen molar-refractivity contribution in [3.63, 3.8) is 0 Å². The van der Waals surface area contributed by atoms with Crippen molar-refractivity contribution in [3.8, 4) is 11.5 Å². The minimum Gasteiger partial charge on any atom is -0.444 e. The Balaban J connectivity index is 1.83. The van der Waals surface area contributed by atoms with E-state index in [1.54, 1.807) is 12.1 Å². The van der Waals surface area contributed by atoms with Gasteiger partial charge >= 0.3 is 0 Å². The average molecular weight is 328 g/mol. The van der Waals surface area contributed by atoms with Crippen molar-refractivity contribution in [1.82, 2.24) is 15.0 Å². The van der Waals surface area contributed by atoms with E-state index in [-0.39, 0.29) is 29.1 Å². The summed E-state index contributed by atoms with van der Waals surface area (Å²) in [4.78, 5) is 35.2. The Labute approximate surface area is 134 Å². The number of pyridine rings is 1. The van der Waals surface area contributed by atoms with Gasteiger partial charge in [0, 0.05) is 18.7 Å². The van der Waals surface area contributed by atoms with Crippen LogP contribution in [0.3, 0.4) is 0 Å². The highest BCUT2D eigenvalue weighted by Gasteiger charge is 2.21. The van der Waals surface area contributed by atoms with Gasteiger partial charge in [0.2, 0.25) is 11.8 Å². The summed E-state index contributed by atoms with van der Waals surface area (Å²) in [7, 11) is 0. The largest absolute Gasteiger partial charge is 0.444 e. The molecule has 0 fully saturated rings. The number of aryl methyl sites for hydroxylation is 1. The van der Waals surface area contributed by atoms with Crippen molar-refractivity contribution in [3.05, 3.63) is 41.9 Å². The third-order valence-electron chi connectivity index (χ3n) is 2.96. The van der Waals surface area contributed by atoms with Gasteiger partial charge in [0.15, 0.2) is 17.3 Å². The second-order valence-corrected chi connectivity index (χ2v) is 4.74. The molecule has 3 aromatic rings. The van der Waals surface area contributed by atoms with Crippen molar-refractivity contribution < 1.29 is 18.4 Å². The van der Waals surface area contributed by atoms with Crippen LogP contribution in [0.1, 0.15) is 26.9 Å². The summed E-state index contributed by atoms with van der Waals surface area (Å²) in [6.45, 7) is 1.52. The fourth-order valence-electron chi connectivity index (χ4n) is 1.94. The Morgan fingerprint density at radius 3 is 2.79 bits per heavy atom. The number of nitrogens with zero attached hydrogens (tertiary/aromatic N) is 3. The number of hydrogen-bond acceptors (Lipinski definition) is 8. The van der Waals surface area contributed by atoms with Crippen molar-refractivity contribution in [2.45, 2.75) is 6.92 Å². The van der Waals surface area contributed by atoms with Crippen LogP contribution < -0.4 is 16.8 Å². The molecule has 0 unspecified atom stereocenters. The van der Waals surface area contributed by atoms with Gasteiger partial charge in [-0.25, -0.2) is 15.0 Å². The molecule has 3 heterocycles. The Hall–Kier alpha value is -3.69. The monoisotopic (exact) mass is 328 g/mol. The second kappa shape index (κ2) is 5.83. The lowest BCUT2D eigenvalue weighted by Gasteiger charge is -1.99. The molecule has 0 saturated carbocycles. The molecular weight excluding hydrogens is 316 g/mol. The van der Waals surface area contributed by atoms with Crippen LogP contribution in [0.15, 0.2) is 33.4 Å². The Morgan fingerprint density at radius 1 is 1.29 bits per heavy atom. The number of carbonyl (C=O) groups excluding carboxylic acids is 2. The quantitative estimate of drug-likeness (QED) is 0.637. The van der Waals surface area contributed by atoms with Gasteiger partial charge in [0.25, 0.3) is 11.8 Å². The second-order valence-electron chi connectivity index (χ2n) is 4.74. The molecule has 10 nitrogen and oxygen atoms in total. The molecule has 3 aromatic heterocycles. The average Bonchev–Trinajstić information content (AvgIpc) is 3.14. The Morgan fingerprint density at radius 2 is 2.08 bits per heavy atom. The summed E-state index contributed by atoms with van der Waals surface area (Å²) < 4.78 is 10.4. The fourth-order valence-corrected chi connectivity index (χ4v) is 1.94. The van der Waals surface area contributed by atoms with Gasteiger partial charge in [0.1, 0.15) is 12.1 Å².